The van der Waals surface area contributed by atoms with Crippen LogP contribution in [0, 0.1) is 18.2 Å². The Morgan fingerprint density at radius 3 is 2.84 bits per heavy atom. The van der Waals surface area contributed by atoms with Crippen molar-refractivity contribution in [1.29, 1.82) is 0 Å². The molecule has 1 saturated carbocycles. The number of fused-ring (bicyclic) bond motifs is 3. The lowest BCUT2D eigenvalue weighted by atomic mass is 9.87. The Morgan fingerprint density at radius 2 is 2.02 bits per heavy atom. The zero-order valence-corrected chi connectivity index (χ0v) is 23.7. The summed E-state index contributed by atoms with van der Waals surface area (Å²) in [5.74, 6) is 2.63. The minimum atomic E-state index is -0.853. The highest BCUT2D eigenvalue weighted by atomic mass is 19.1. The zero-order chi connectivity index (χ0) is 29.3. The van der Waals surface area contributed by atoms with E-state index in [9.17, 15) is 13.9 Å². The Balaban J connectivity index is 1.27. The highest BCUT2D eigenvalue weighted by molar-refractivity contribution is 6.03. The molecule has 5 heterocycles. The quantitative estimate of drug-likeness (QED) is 0.315. The lowest BCUT2D eigenvalue weighted by Gasteiger charge is -2.44. The zero-order valence-electron chi connectivity index (χ0n) is 23.7. The third-order valence-electron chi connectivity index (χ3n) is 9.81. The molecule has 220 valence electrons. The molecule has 4 fully saturated rings. The molecule has 2 atom stereocenters. The maximum Gasteiger partial charge on any atom is 0.316 e. The number of alkyl halides is 1. The summed E-state index contributed by atoms with van der Waals surface area (Å²) in [5.41, 5.74) is 0.901. The van der Waals surface area contributed by atoms with Gasteiger partial charge in [-0.15, -0.1) is 6.42 Å². The van der Waals surface area contributed by atoms with Gasteiger partial charge in [0, 0.05) is 36.7 Å². The van der Waals surface area contributed by atoms with Gasteiger partial charge in [-0.2, -0.15) is 4.98 Å². The number of aromatic nitrogens is 3. The Labute approximate surface area is 247 Å². The Bertz CT molecular complexity index is 1820. The fourth-order valence-electron chi connectivity index (χ4n) is 7.63. The van der Waals surface area contributed by atoms with Crippen molar-refractivity contribution < 1.29 is 23.4 Å². The fraction of sp³-hybridized carbons (Fsp3) is 0.424. The maximum absolute atomic E-state index is 14.9. The van der Waals surface area contributed by atoms with Crippen molar-refractivity contribution >= 4 is 27.5 Å². The van der Waals surface area contributed by atoms with E-state index < -0.39 is 17.7 Å². The number of rotatable bonds is 5. The van der Waals surface area contributed by atoms with Crippen LogP contribution in [0.5, 0.6) is 11.8 Å². The lowest BCUT2D eigenvalue weighted by molar-refractivity contribution is -0.0546. The SMILES string of the molecule is C#Cc1c(F)ccc2cc(O)cc(-c3cc4nc(OC[C@@]56CCCN5C[C@H](F)C6)ncc4c(N4CCOC45CCC5)n3)c12. The minimum absolute atomic E-state index is 0.00955. The predicted octanol–water partition coefficient (Wildman–Crippen LogP) is 5.34. The maximum atomic E-state index is 14.9. The van der Waals surface area contributed by atoms with E-state index in [4.69, 9.17) is 25.9 Å². The molecule has 4 aliphatic rings. The first-order valence-corrected chi connectivity index (χ1v) is 14.9. The average molecular weight is 584 g/mol. The molecule has 0 amide bonds. The van der Waals surface area contributed by atoms with Gasteiger partial charge >= 0.3 is 6.01 Å². The first-order valence-electron chi connectivity index (χ1n) is 14.9. The molecule has 1 aliphatic carbocycles. The number of anilines is 1. The second-order valence-corrected chi connectivity index (χ2v) is 12.2. The second kappa shape index (κ2) is 9.73. The number of halogens is 2. The van der Waals surface area contributed by atoms with Crippen LogP contribution >= 0.6 is 0 Å². The van der Waals surface area contributed by atoms with Crippen molar-refractivity contribution in [3.63, 3.8) is 0 Å². The normalized spacial score (nSPS) is 24.5. The molecule has 1 spiro atoms. The Morgan fingerprint density at radius 1 is 1.14 bits per heavy atom. The topological polar surface area (TPSA) is 83.8 Å². The molecule has 10 heteroatoms. The van der Waals surface area contributed by atoms with E-state index >= 15 is 0 Å². The molecule has 8 nitrogen and oxygen atoms in total. The van der Waals surface area contributed by atoms with Gasteiger partial charge in [-0.25, -0.2) is 18.7 Å². The van der Waals surface area contributed by atoms with Gasteiger partial charge < -0.3 is 19.5 Å². The van der Waals surface area contributed by atoms with Crippen LogP contribution in [0.1, 0.15) is 44.1 Å². The molecule has 4 aromatic rings. The van der Waals surface area contributed by atoms with Crippen LogP contribution in [-0.4, -0.2) is 75.2 Å². The molecule has 2 aromatic carbocycles. The molecule has 0 radical (unpaired) electrons. The smallest absolute Gasteiger partial charge is 0.316 e. The van der Waals surface area contributed by atoms with Gasteiger partial charge in [0.15, 0.2) is 0 Å². The van der Waals surface area contributed by atoms with Gasteiger partial charge in [-0.05, 0) is 68.3 Å². The van der Waals surface area contributed by atoms with Crippen molar-refractivity contribution in [3.05, 3.63) is 47.9 Å². The number of benzene rings is 2. The molecule has 43 heavy (non-hydrogen) atoms. The monoisotopic (exact) mass is 583 g/mol. The van der Waals surface area contributed by atoms with Gasteiger partial charge in [0.1, 0.15) is 35.9 Å². The Kier molecular flexibility index (Phi) is 6.01. The molecule has 3 aliphatic heterocycles. The van der Waals surface area contributed by atoms with Crippen molar-refractivity contribution in [2.24, 2.45) is 0 Å². The third-order valence-corrected chi connectivity index (χ3v) is 9.81. The molecule has 0 bridgehead atoms. The molecule has 1 N–H and O–H groups in total. The van der Waals surface area contributed by atoms with Gasteiger partial charge in [0.05, 0.1) is 34.3 Å². The minimum Gasteiger partial charge on any atom is -0.508 e. The number of phenolic OH excluding ortho intramolecular Hbond substituents is 1. The van der Waals surface area contributed by atoms with E-state index in [0.29, 0.717) is 66.1 Å². The van der Waals surface area contributed by atoms with E-state index in [-0.39, 0.29) is 22.9 Å². The van der Waals surface area contributed by atoms with Gasteiger partial charge in [-0.1, -0.05) is 12.0 Å². The summed E-state index contributed by atoms with van der Waals surface area (Å²) in [4.78, 5) is 18.8. The van der Waals surface area contributed by atoms with Crippen LogP contribution in [-0.2, 0) is 4.74 Å². The number of terminal acetylenes is 1. The number of ether oxygens (including phenoxy) is 2. The highest BCUT2D eigenvalue weighted by Gasteiger charge is 2.50. The first kappa shape index (κ1) is 26.5. The molecular weight excluding hydrogens is 552 g/mol. The summed E-state index contributed by atoms with van der Waals surface area (Å²) in [7, 11) is 0. The summed E-state index contributed by atoms with van der Waals surface area (Å²) in [6, 6.07) is 8.01. The summed E-state index contributed by atoms with van der Waals surface area (Å²) in [5, 5.41) is 12.5. The van der Waals surface area contributed by atoms with E-state index in [2.05, 4.69) is 20.7 Å². The van der Waals surface area contributed by atoms with E-state index in [1.165, 1.54) is 6.07 Å². The Hall–Kier alpha value is -4.07. The van der Waals surface area contributed by atoms with Crippen molar-refractivity contribution in [2.45, 2.75) is 56.0 Å². The van der Waals surface area contributed by atoms with Crippen LogP contribution in [0.15, 0.2) is 36.5 Å². The van der Waals surface area contributed by atoms with E-state index in [0.717, 1.165) is 44.0 Å². The standard InChI is InChI=1S/C33H31F2N5O3/c1-2-23-26(35)6-5-20-13-22(41)14-24(29(20)23)27-15-28-25(30(37-27)40-11-12-43-33(40)8-3-9-33)17-36-31(38-28)42-19-32-7-4-10-39(32)18-21(34)16-32/h1,5-6,13-15,17,21,41H,3-4,7-12,16,18-19H2/t21-,32+/m1/s1. The van der Waals surface area contributed by atoms with Crippen LogP contribution in [0.4, 0.5) is 14.6 Å². The van der Waals surface area contributed by atoms with E-state index in [1.807, 2.05) is 0 Å². The number of nitrogens with zero attached hydrogens (tertiary/aromatic N) is 5. The summed E-state index contributed by atoms with van der Waals surface area (Å²) in [6.07, 6.45) is 11.8. The number of hydrogen-bond donors (Lipinski definition) is 1. The predicted molar refractivity (Wildman–Crippen MR) is 158 cm³/mol. The summed E-state index contributed by atoms with van der Waals surface area (Å²) < 4.78 is 41.6. The summed E-state index contributed by atoms with van der Waals surface area (Å²) >= 11 is 0. The van der Waals surface area contributed by atoms with Crippen molar-refractivity contribution in [1.82, 2.24) is 19.9 Å². The molecule has 0 unspecified atom stereocenters. The lowest BCUT2D eigenvalue weighted by Crippen LogP contribution is -2.51. The highest BCUT2D eigenvalue weighted by Crippen LogP contribution is 2.47. The second-order valence-electron chi connectivity index (χ2n) is 12.2. The number of aromatic hydroxyl groups is 1. The third kappa shape index (κ3) is 4.13. The molecule has 8 rings (SSSR count). The van der Waals surface area contributed by atoms with Crippen molar-refractivity contribution in [2.75, 3.05) is 37.7 Å². The largest absolute Gasteiger partial charge is 0.508 e. The van der Waals surface area contributed by atoms with Gasteiger partial charge in [0.2, 0.25) is 0 Å². The van der Waals surface area contributed by atoms with Crippen LogP contribution < -0.4 is 9.64 Å². The van der Waals surface area contributed by atoms with Gasteiger partial charge in [0.25, 0.3) is 0 Å². The molecule has 3 saturated heterocycles. The van der Waals surface area contributed by atoms with Crippen molar-refractivity contribution in [3.8, 4) is 35.4 Å². The first-order chi connectivity index (χ1) is 20.9. The molecule has 2 aromatic heterocycles. The number of pyridine rings is 1. The van der Waals surface area contributed by atoms with Crippen LogP contribution in [0.25, 0.3) is 32.9 Å². The van der Waals surface area contributed by atoms with E-state index in [1.54, 1.807) is 30.5 Å². The van der Waals surface area contributed by atoms with Gasteiger partial charge in [-0.3, -0.25) is 4.90 Å². The average Bonchev–Trinajstić information content (AvgIpc) is 3.67. The number of hydrogen-bond acceptors (Lipinski definition) is 8. The fourth-order valence-corrected chi connectivity index (χ4v) is 7.63. The number of phenols is 1. The summed E-state index contributed by atoms with van der Waals surface area (Å²) in [6.45, 7) is 2.86. The van der Waals surface area contributed by atoms with Crippen LogP contribution in [0.3, 0.4) is 0 Å². The van der Waals surface area contributed by atoms with Crippen LogP contribution in [0.2, 0.25) is 0 Å². The molecular formula is C33H31F2N5O3.